The van der Waals surface area contributed by atoms with Crippen molar-refractivity contribution >= 4 is 23.1 Å². The van der Waals surface area contributed by atoms with Crippen LogP contribution in [-0.4, -0.2) is 22.7 Å². The minimum absolute atomic E-state index is 0.0812. The van der Waals surface area contributed by atoms with Gasteiger partial charge in [0.05, 0.1) is 4.92 Å². The predicted molar refractivity (Wildman–Crippen MR) is 113 cm³/mol. The quantitative estimate of drug-likeness (QED) is 0.346. The van der Waals surface area contributed by atoms with E-state index < -0.39 is 11.0 Å². The first-order valence-electron chi connectivity index (χ1n) is 9.27. The van der Waals surface area contributed by atoms with Crippen LogP contribution in [0.2, 0.25) is 0 Å². The van der Waals surface area contributed by atoms with Gasteiger partial charge in [0.15, 0.2) is 6.10 Å². The normalized spacial score (nSPS) is 11.4. The van der Waals surface area contributed by atoms with Gasteiger partial charge in [-0.3, -0.25) is 19.7 Å². The minimum atomic E-state index is -0.659. The van der Waals surface area contributed by atoms with Crippen molar-refractivity contribution in [1.29, 1.82) is 0 Å². The number of Topliss-reactive ketones (excluding diaryl/α,β-unsaturated/α-hetero) is 1. The lowest BCUT2D eigenvalue weighted by Gasteiger charge is -2.14. The van der Waals surface area contributed by atoms with Crippen LogP contribution in [0, 0.1) is 17.0 Å². The van der Waals surface area contributed by atoms with Gasteiger partial charge in [0.2, 0.25) is 5.78 Å². The van der Waals surface area contributed by atoms with E-state index in [1.807, 2.05) is 19.1 Å². The van der Waals surface area contributed by atoms with E-state index in [1.165, 1.54) is 24.3 Å². The molecule has 1 N–H and O–H groups in total. The molecule has 0 fully saturated rings. The molecule has 1 amide bonds. The van der Waals surface area contributed by atoms with Crippen molar-refractivity contribution in [2.75, 3.05) is 5.32 Å². The van der Waals surface area contributed by atoms with Gasteiger partial charge >= 0.3 is 0 Å². The Hall–Kier alpha value is -4.00. The number of carbonyl (C=O) groups excluding carboxylic acids is 2. The lowest BCUT2D eigenvalue weighted by Crippen LogP contribution is -2.23. The molecule has 1 atom stereocenters. The summed E-state index contributed by atoms with van der Waals surface area (Å²) in [6, 6.07) is 19.3. The number of ketones is 1. The van der Waals surface area contributed by atoms with Crippen LogP contribution in [0.25, 0.3) is 0 Å². The molecule has 30 heavy (non-hydrogen) atoms. The highest BCUT2D eigenvalue weighted by molar-refractivity contribution is 6.04. The molecule has 1 unspecified atom stereocenters. The number of nitrogens with zero attached hydrogens (tertiary/aromatic N) is 1. The fraction of sp³-hybridized carbons (Fsp3) is 0.130. The van der Waals surface area contributed by atoms with Crippen molar-refractivity contribution in [3.63, 3.8) is 0 Å². The summed E-state index contributed by atoms with van der Waals surface area (Å²) in [6.07, 6.45) is -0.659. The molecule has 0 saturated heterocycles. The first-order valence-corrected chi connectivity index (χ1v) is 9.27. The van der Waals surface area contributed by atoms with Gasteiger partial charge in [-0.15, -0.1) is 0 Å². The first-order chi connectivity index (χ1) is 14.3. The fourth-order valence-electron chi connectivity index (χ4n) is 2.76. The summed E-state index contributed by atoms with van der Waals surface area (Å²) in [6.45, 7) is 3.64. The van der Waals surface area contributed by atoms with E-state index in [0.717, 1.165) is 5.56 Å². The summed E-state index contributed by atoms with van der Waals surface area (Å²) in [4.78, 5) is 34.9. The highest BCUT2D eigenvalue weighted by atomic mass is 16.6. The first kappa shape index (κ1) is 20.7. The zero-order valence-corrected chi connectivity index (χ0v) is 16.5. The molecule has 7 heteroatoms. The van der Waals surface area contributed by atoms with Crippen molar-refractivity contribution in [2.24, 2.45) is 0 Å². The Balaban J connectivity index is 1.60. The zero-order valence-electron chi connectivity index (χ0n) is 16.5. The summed E-state index contributed by atoms with van der Waals surface area (Å²) < 4.78 is 5.71. The summed E-state index contributed by atoms with van der Waals surface area (Å²) in [5.41, 5.74) is 2.41. The number of hydrogen-bond donors (Lipinski definition) is 1. The average molecular weight is 404 g/mol. The molecule has 7 nitrogen and oxygen atoms in total. The van der Waals surface area contributed by atoms with Crippen LogP contribution in [-0.2, 0) is 0 Å². The van der Waals surface area contributed by atoms with E-state index in [9.17, 15) is 19.7 Å². The number of benzene rings is 3. The molecule has 0 spiro atoms. The number of nitrogens with one attached hydrogen (secondary N) is 1. The maximum Gasteiger partial charge on any atom is 0.269 e. The standard InChI is InChI=1S/C23H20N2O5/c1-15-3-5-17(6-4-15)22(26)16(2)30-21-13-9-19(10-14-21)24-23(27)18-7-11-20(12-8-18)25(28)29/h3-14,16H,1-2H3,(H,24,27). The van der Waals surface area contributed by atoms with Crippen molar-refractivity contribution in [1.82, 2.24) is 0 Å². The third-order valence-electron chi connectivity index (χ3n) is 4.47. The molecule has 0 aliphatic carbocycles. The maximum absolute atomic E-state index is 12.5. The van der Waals surface area contributed by atoms with Gasteiger partial charge in [-0.25, -0.2) is 0 Å². The molecule has 3 rings (SSSR count). The van der Waals surface area contributed by atoms with Crippen LogP contribution in [0.3, 0.4) is 0 Å². The molecule has 0 bridgehead atoms. The predicted octanol–water partition coefficient (Wildman–Crippen LogP) is 4.81. The highest BCUT2D eigenvalue weighted by Gasteiger charge is 2.17. The molecule has 0 radical (unpaired) electrons. The van der Waals surface area contributed by atoms with Gasteiger partial charge in [-0.2, -0.15) is 0 Å². The van der Waals surface area contributed by atoms with E-state index in [4.69, 9.17) is 4.74 Å². The van der Waals surface area contributed by atoms with Gasteiger partial charge in [0.25, 0.3) is 11.6 Å². The number of ether oxygens (including phenoxy) is 1. The minimum Gasteiger partial charge on any atom is -0.483 e. The number of carbonyl (C=O) groups is 2. The van der Waals surface area contributed by atoms with Gasteiger partial charge in [-0.1, -0.05) is 29.8 Å². The number of aryl methyl sites for hydroxylation is 1. The second kappa shape index (κ2) is 9.00. The van der Waals surface area contributed by atoms with E-state index >= 15 is 0 Å². The lowest BCUT2D eigenvalue weighted by molar-refractivity contribution is -0.384. The zero-order chi connectivity index (χ0) is 21.7. The van der Waals surface area contributed by atoms with Crippen molar-refractivity contribution < 1.29 is 19.2 Å². The van der Waals surface area contributed by atoms with Gasteiger partial charge in [0.1, 0.15) is 5.75 Å². The van der Waals surface area contributed by atoms with Crippen LogP contribution in [0.5, 0.6) is 5.75 Å². The number of anilines is 1. The maximum atomic E-state index is 12.5. The number of nitro benzene ring substituents is 1. The molecule has 0 aliphatic rings. The van der Waals surface area contributed by atoms with Crippen molar-refractivity contribution in [3.05, 3.63) is 99.6 Å². The van der Waals surface area contributed by atoms with Crippen molar-refractivity contribution in [3.8, 4) is 5.75 Å². The summed E-state index contributed by atoms with van der Waals surface area (Å²) in [7, 11) is 0. The smallest absolute Gasteiger partial charge is 0.269 e. The van der Waals surface area contributed by atoms with E-state index in [1.54, 1.807) is 43.3 Å². The Morgan fingerprint density at radius 2 is 1.47 bits per heavy atom. The third-order valence-corrected chi connectivity index (χ3v) is 4.47. The van der Waals surface area contributed by atoms with Crippen LogP contribution in [0.15, 0.2) is 72.8 Å². The van der Waals surface area contributed by atoms with Gasteiger partial charge in [-0.05, 0) is 50.2 Å². The number of amides is 1. The van der Waals surface area contributed by atoms with Gasteiger partial charge < -0.3 is 10.1 Å². The Kier molecular flexibility index (Phi) is 6.22. The number of rotatable bonds is 7. The molecule has 0 aromatic heterocycles. The number of non-ortho nitro benzene ring substituents is 1. The summed E-state index contributed by atoms with van der Waals surface area (Å²) in [5.74, 6) is -0.0108. The van der Waals surface area contributed by atoms with Crippen LogP contribution in [0.4, 0.5) is 11.4 Å². The summed E-state index contributed by atoms with van der Waals surface area (Å²) >= 11 is 0. The second-order valence-corrected chi connectivity index (χ2v) is 6.77. The van der Waals surface area contributed by atoms with Crippen LogP contribution < -0.4 is 10.1 Å². The molecule has 3 aromatic rings. The molecule has 0 heterocycles. The fourth-order valence-corrected chi connectivity index (χ4v) is 2.76. The van der Waals surface area contributed by atoms with E-state index in [2.05, 4.69) is 5.32 Å². The average Bonchev–Trinajstić information content (AvgIpc) is 2.75. The molecule has 152 valence electrons. The largest absolute Gasteiger partial charge is 0.483 e. The topological polar surface area (TPSA) is 98.5 Å². The number of hydrogen-bond acceptors (Lipinski definition) is 5. The van der Waals surface area contributed by atoms with Crippen molar-refractivity contribution in [2.45, 2.75) is 20.0 Å². The lowest BCUT2D eigenvalue weighted by atomic mass is 10.1. The molecular formula is C23H20N2O5. The van der Waals surface area contributed by atoms with Gasteiger partial charge in [0, 0.05) is 28.9 Å². The molecule has 3 aromatic carbocycles. The third kappa shape index (κ3) is 5.08. The SMILES string of the molecule is Cc1ccc(C(=O)C(C)Oc2ccc(NC(=O)c3ccc([N+](=O)[O-])cc3)cc2)cc1. The molecular weight excluding hydrogens is 384 g/mol. The monoisotopic (exact) mass is 404 g/mol. The second-order valence-electron chi connectivity index (χ2n) is 6.77. The molecule has 0 saturated carbocycles. The summed E-state index contributed by atoms with van der Waals surface area (Å²) in [5, 5.41) is 13.4. The van der Waals surface area contributed by atoms with Crippen LogP contribution in [0.1, 0.15) is 33.2 Å². The van der Waals surface area contributed by atoms with E-state index in [0.29, 0.717) is 22.6 Å². The Morgan fingerprint density at radius 1 is 0.900 bits per heavy atom. The highest BCUT2D eigenvalue weighted by Crippen LogP contribution is 2.20. The Bertz CT molecular complexity index is 1060. The Morgan fingerprint density at radius 3 is 2.03 bits per heavy atom. The Labute approximate surface area is 173 Å². The van der Waals surface area contributed by atoms with E-state index in [-0.39, 0.29) is 17.4 Å². The number of nitro groups is 1. The van der Waals surface area contributed by atoms with Crippen LogP contribution >= 0.6 is 0 Å². The molecule has 0 aliphatic heterocycles.